The van der Waals surface area contributed by atoms with Gasteiger partial charge >= 0.3 is 5.97 Å². The number of cyclic esters (lactones) is 1. The molecular formula is C21H25NO5. The molecule has 0 fully saturated rings. The summed E-state index contributed by atoms with van der Waals surface area (Å²) in [5, 5.41) is 10.4. The molecule has 27 heavy (non-hydrogen) atoms. The van der Waals surface area contributed by atoms with Gasteiger partial charge in [-0.2, -0.15) is 0 Å². The Hall–Kier alpha value is -2.89. The average molecular weight is 371 g/mol. The number of rotatable bonds is 7. The first-order chi connectivity index (χ1) is 13.0. The summed E-state index contributed by atoms with van der Waals surface area (Å²) >= 11 is 0. The Balaban J connectivity index is 1.88. The Morgan fingerprint density at radius 1 is 1.07 bits per heavy atom. The molecule has 0 saturated heterocycles. The van der Waals surface area contributed by atoms with E-state index < -0.39 is 6.10 Å². The zero-order valence-electron chi connectivity index (χ0n) is 16.1. The summed E-state index contributed by atoms with van der Waals surface area (Å²) in [4.78, 5) is 14.3. The fourth-order valence-corrected chi connectivity index (χ4v) is 3.49. The predicted octanol–water partition coefficient (Wildman–Crippen LogP) is 3.71. The molecule has 6 nitrogen and oxygen atoms in total. The fourth-order valence-electron chi connectivity index (χ4n) is 3.49. The molecule has 1 N–H and O–H groups in total. The Kier molecular flexibility index (Phi) is 5.44. The van der Waals surface area contributed by atoms with Crippen molar-refractivity contribution in [3.05, 3.63) is 47.0 Å². The van der Waals surface area contributed by atoms with Gasteiger partial charge in [0.05, 0.1) is 25.5 Å². The van der Waals surface area contributed by atoms with E-state index in [9.17, 15) is 9.90 Å². The molecule has 0 aromatic heterocycles. The summed E-state index contributed by atoms with van der Waals surface area (Å²) < 4.78 is 16.2. The molecule has 0 saturated carbocycles. The first kappa shape index (κ1) is 18.9. The largest absolute Gasteiger partial charge is 0.506 e. The molecule has 3 rings (SSSR count). The van der Waals surface area contributed by atoms with E-state index in [0.717, 1.165) is 29.9 Å². The van der Waals surface area contributed by atoms with Crippen LogP contribution in [0.2, 0.25) is 0 Å². The Bertz CT molecular complexity index is 845. The van der Waals surface area contributed by atoms with Gasteiger partial charge in [-0.05, 0) is 43.7 Å². The molecular weight excluding hydrogens is 346 g/mol. The number of benzene rings is 2. The molecule has 0 radical (unpaired) electrons. The van der Waals surface area contributed by atoms with Crippen LogP contribution in [0.1, 0.15) is 41.4 Å². The second kappa shape index (κ2) is 7.78. The van der Waals surface area contributed by atoms with E-state index in [0.29, 0.717) is 23.5 Å². The van der Waals surface area contributed by atoms with Crippen molar-refractivity contribution in [3.8, 4) is 17.2 Å². The summed E-state index contributed by atoms with van der Waals surface area (Å²) in [6.07, 6.45) is 0.0475. The highest BCUT2D eigenvalue weighted by molar-refractivity contribution is 5.95. The average Bonchev–Trinajstić information content (AvgIpc) is 2.97. The van der Waals surface area contributed by atoms with Crippen LogP contribution in [0.15, 0.2) is 30.3 Å². The van der Waals surface area contributed by atoms with E-state index in [1.165, 1.54) is 7.11 Å². The number of carbonyl (C=O) groups is 1. The number of nitrogens with zero attached hydrogens (tertiary/aromatic N) is 1. The monoisotopic (exact) mass is 371 g/mol. The Morgan fingerprint density at radius 2 is 1.74 bits per heavy atom. The second-order valence-electron chi connectivity index (χ2n) is 6.39. The smallest absolute Gasteiger partial charge is 0.339 e. The number of aromatic hydroxyl groups is 1. The molecule has 1 unspecified atom stereocenters. The molecule has 1 aliphatic rings. The fraction of sp³-hybridized carbons (Fsp3) is 0.381. The molecule has 1 heterocycles. The lowest BCUT2D eigenvalue weighted by Gasteiger charge is -2.22. The minimum absolute atomic E-state index is 0.230. The number of fused-ring (bicyclic) bond motifs is 1. The Morgan fingerprint density at radius 3 is 2.33 bits per heavy atom. The standard InChI is InChI=1S/C21H25NO5/c1-5-22(6-2)16-8-7-13(9-17(16)23)10-18-14-11-19(25-3)20(26-4)12-15(14)21(24)27-18/h7-9,11-12,18,23H,5-6,10H2,1-4H3. The van der Waals surface area contributed by atoms with Crippen LogP contribution in [0.3, 0.4) is 0 Å². The lowest BCUT2D eigenvalue weighted by atomic mass is 9.98. The molecule has 2 aromatic rings. The van der Waals surface area contributed by atoms with Gasteiger partial charge in [-0.25, -0.2) is 4.79 Å². The van der Waals surface area contributed by atoms with Crippen molar-refractivity contribution < 1.29 is 24.1 Å². The van der Waals surface area contributed by atoms with E-state index in [2.05, 4.69) is 4.90 Å². The molecule has 1 atom stereocenters. The van der Waals surface area contributed by atoms with Crippen LogP contribution >= 0.6 is 0 Å². The second-order valence-corrected chi connectivity index (χ2v) is 6.39. The zero-order valence-corrected chi connectivity index (χ0v) is 16.1. The maximum absolute atomic E-state index is 12.2. The number of phenols is 1. The van der Waals surface area contributed by atoms with E-state index >= 15 is 0 Å². The first-order valence-corrected chi connectivity index (χ1v) is 9.06. The van der Waals surface area contributed by atoms with Crippen LogP contribution in [-0.2, 0) is 11.2 Å². The topological polar surface area (TPSA) is 68.2 Å². The highest BCUT2D eigenvalue weighted by Crippen LogP contribution is 2.41. The van der Waals surface area contributed by atoms with Crippen LogP contribution in [-0.4, -0.2) is 38.4 Å². The molecule has 0 amide bonds. The summed E-state index contributed by atoms with van der Waals surface area (Å²) in [7, 11) is 3.09. The van der Waals surface area contributed by atoms with Gasteiger partial charge in [-0.1, -0.05) is 6.07 Å². The number of carbonyl (C=O) groups excluding carboxylic acids is 1. The van der Waals surface area contributed by atoms with Crippen LogP contribution in [0, 0.1) is 0 Å². The maximum Gasteiger partial charge on any atom is 0.339 e. The highest BCUT2D eigenvalue weighted by Gasteiger charge is 2.33. The summed E-state index contributed by atoms with van der Waals surface area (Å²) in [6.45, 7) is 5.73. The number of phenolic OH excluding ortho intramolecular Hbond substituents is 1. The molecule has 0 bridgehead atoms. The van der Waals surface area contributed by atoms with Gasteiger partial charge < -0.3 is 24.2 Å². The molecule has 0 spiro atoms. The lowest BCUT2D eigenvalue weighted by molar-refractivity contribution is 0.0387. The van der Waals surface area contributed by atoms with Crippen LogP contribution in [0.5, 0.6) is 17.2 Å². The van der Waals surface area contributed by atoms with Crippen molar-refractivity contribution in [3.63, 3.8) is 0 Å². The summed E-state index contributed by atoms with van der Waals surface area (Å²) in [5.41, 5.74) is 2.95. The van der Waals surface area contributed by atoms with Gasteiger partial charge in [0, 0.05) is 25.1 Å². The lowest BCUT2D eigenvalue weighted by Crippen LogP contribution is -2.21. The van der Waals surface area contributed by atoms with Gasteiger partial charge in [0.1, 0.15) is 11.9 Å². The SMILES string of the molecule is CCN(CC)c1ccc(CC2OC(=O)c3cc(OC)c(OC)cc32)cc1O. The molecule has 2 aromatic carbocycles. The number of anilines is 1. The third-order valence-corrected chi connectivity index (χ3v) is 4.94. The normalized spacial score (nSPS) is 15.3. The predicted molar refractivity (Wildman–Crippen MR) is 103 cm³/mol. The number of hydrogen-bond donors (Lipinski definition) is 1. The summed E-state index contributed by atoms with van der Waals surface area (Å²) in [5.74, 6) is 0.905. The van der Waals surface area contributed by atoms with Crippen molar-refractivity contribution >= 4 is 11.7 Å². The van der Waals surface area contributed by atoms with E-state index in [1.54, 1.807) is 25.3 Å². The minimum Gasteiger partial charge on any atom is -0.506 e. The van der Waals surface area contributed by atoms with E-state index in [4.69, 9.17) is 14.2 Å². The van der Waals surface area contributed by atoms with Gasteiger partial charge in [-0.15, -0.1) is 0 Å². The van der Waals surface area contributed by atoms with Crippen molar-refractivity contribution in [2.75, 3.05) is 32.2 Å². The zero-order chi connectivity index (χ0) is 19.6. The highest BCUT2D eigenvalue weighted by atomic mass is 16.5. The molecule has 6 heteroatoms. The van der Waals surface area contributed by atoms with Crippen molar-refractivity contribution in [1.29, 1.82) is 0 Å². The summed E-state index contributed by atoms with van der Waals surface area (Å²) in [6, 6.07) is 9.04. The minimum atomic E-state index is -0.425. The molecule has 144 valence electrons. The van der Waals surface area contributed by atoms with E-state index in [1.807, 2.05) is 26.0 Å². The number of ether oxygens (including phenoxy) is 3. The molecule has 1 aliphatic heterocycles. The number of hydrogen-bond acceptors (Lipinski definition) is 6. The van der Waals surface area contributed by atoms with Gasteiger partial charge in [0.15, 0.2) is 11.5 Å². The first-order valence-electron chi connectivity index (χ1n) is 9.06. The van der Waals surface area contributed by atoms with Gasteiger partial charge in [0.2, 0.25) is 0 Å². The van der Waals surface area contributed by atoms with Gasteiger partial charge in [-0.3, -0.25) is 0 Å². The quantitative estimate of drug-likeness (QED) is 0.749. The number of esters is 1. The maximum atomic E-state index is 12.2. The van der Waals surface area contributed by atoms with Crippen LogP contribution in [0.4, 0.5) is 5.69 Å². The van der Waals surface area contributed by atoms with Crippen molar-refractivity contribution in [1.82, 2.24) is 0 Å². The molecule has 0 aliphatic carbocycles. The third-order valence-electron chi connectivity index (χ3n) is 4.94. The van der Waals surface area contributed by atoms with E-state index in [-0.39, 0.29) is 11.7 Å². The van der Waals surface area contributed by atoms with Crippen LogP contribution in [0.25, 0.3) is 0 Å². The van der Waals surface area contributed by atoms with Crippen molar-refractivity contribution in [2.24, 2.45) is 0 Å². The van der Waals surface area contributed by atoms with Gasteiger partial charge in [0.25, 0.3) is 0 Å². The Labute approximate surface area is 159 Å². The third kappa shape index (κ3) is 3.52. The number of methoxy groups -OCH3 is 2. The van der Waals surface area contributed by atoms with Crippen molar-refractivity contribution in [2.45, 2.75) is 26.4 Å². The van der Waals surface area contributed by atoms with Crippen LogP contribution < -0.4 is 14.4 Å².